The van der Waals surface area contributed by atoms with Crippen LogP contribution in [-0.2, 0) is 9.47 Å². The lowest BCUT2D eigenvalue weighted by Crippen LogP contribution is -2.28. The van der Waals surface area contributed by atoms with E-state index in [0.717, 1.165) is 25.6 Å². The quantitative estimate of drug-likeness (QED) is 0.647. The predicted octanol–water partition coefficient (Wildman–Crippen LogP) is 2.21. The van der Waals surface area contributed by atoms with E-state index in [-0.39, 0.29) is 0 Å². The zero-order valence-electron chi connectivity index (χ0n) is 11.0. The second kappa shape index (κ2) is 8.04. The first kappa shape index (κ1) is 13.9. The van der Waals surface area contributed by atoms with Gasteiger partial charge >= 0.3 is 0 Å². The molecule has 1 fully saturated rings. The van der Waals surface area contributed by atoms with Crippen molar-refractivity contribution in [3.63, 3.8) is 0 Å². The molecule has 0 aromatic rings. The lowest BCUT2D eigenvalue weighted by atomic mass is 9.97. The van der Waals surface area contributed by atoms with Gasteiger partial charge in [0.15, 0.2) is 0 Å². The summed E-state index contributed by atoms with van der Waals surface area (Å²) < 4.78 is 10.9. The summed E-state index contributed by atoms with van der Waals surface area (Å²) in [5.41, 5.74) is 0. The summed E-state index contributed by atoms with van der Waals surface area (Å²) >= 11 is 0. The molecule has 0 saturated carbocycles. The van der Waals surface area contributed by atoms with Crippen molar-refractivity contribution in [2.24, 2.45) is 5.92 Å². The van der Waals surface area contributed by atoms with Gasteiger partial charge in [0.2, 0.25) is 0 Å². The van der Waals surface area contributed by atoms with E-state index in [9.17, 15) is 0 Å². The van der Waals surface area contributed by atoms with Gasteiger partial charge in [-0.3, -0.25) is 0 Å². The van der Waals surface area contributed by atoms with Crippen molar-refractivity contribution in [3.8, 4) is 0 Å². The highest BCUT2D eigenvalue weighted by Crippen LogP contribution is 2.25. The molecular weight excluding hydrogens is 202 g/mol. The third-order valence-electron chi connectivity index (χ3n) is 3.41. The maximum Gasteiger partial charge on any atom is 0.0587 e. The number of rotatable bonds is 8. The number of ether oxygens (including phenoxy) is 2. The van der Waals surface area contributed by atoms with Crippen LogP contribution in [0.25, 0.3) is 0 Å². The van der Waals surface area contributed by atoms with Gasteiger partial charge in [0.25, 0.3) is 0 Å². The number of hydrogen-bond acceptors (Lipinski definition) is 3. The number of nitrogens with one attached hydrogen (secondary N) is 1. The lowest BCUT2D eigenvalue weighted by molar-refractivity contribution is 0.0402. The van der Waals surface area contributed by atoms with Gasteiger partial charge in [0.1, 0.15) is 0 Å². The molecule has 3 atom stereocenters. The Morgan fingerprint density at radius 3 is 2.81 bits per heavy atom. The summed E-state index contributed by atoms with van der Waals surface area (Å²) in [6, 6.07) is 0. The van der Waals surface area contributed by atoms with Gasteiger partial charge in [0.05, 0.1) is 18.8 Å². The zero-order chi connectivity index (χ0) is 11.8. The van der Waals surface area contributed by atoms with Gasteiger partial charge in [-0.25, -0.2) is 0 Å². The number of methoxy groups -OCH3 is 1. The van der Waals surface area contributed by atoms with Crippen LogP contribution >= 0.6 is 0 Å². The third kappa shape index (κ3) is 5.28. The highest BCUT2D eigenvalue weighted by atomic mass is 16.5. The van der Waals surface area contributed by atoms with Crippen LogP contribution in [0.3, 0.4) is 0 Å². The van der Waals surface area contributed by atoms with Gasteiger partial charge in [-0.05, 0) is 38.6 Å². The van der Waals surface area contributed by atoms with Gasteiger partial charge in [0, 0.05) is 13.7 Å². The molecule has 3 nitrogen and oxygen atoms in total. The Morgan fingerprint density at radius 1 is 1.44 bits per heavy atom. The molecule has 1 heterocycles. The molecule has 1 saturated heterocycles. The van der Waals surface area contributed by atoms with Crippen LogP contribution in [0.5, 0.6) is 0 Å². The monoisotopic (exact) mass is 229 g/mol. The molecule has 1 aliphatic heterocycles. The maximum atomic E-state index is 5.87. The van der Waals surface area contributed by atoms with Crippen molar-refractivity contribution in [1.82, 2.24) is 5.32 Å². The Balaban J connectivity index is 2.11. The summed E-state index contributed by atoms with van der Waals surface area (Å²) in [5.74, 6) is 0.743. The molecule has 0 aromatic heterocycles. The molecule has 0 spiro atoms. The molecule has 0 aromatic carbocycles. The molecule has 0 bridgehead atoms. The topological polar surface area (TPSA) is 30.5 Å². The normalized spacial score (nSPS) is 27.2. The maximum absolute atomic E-state index is 5.87. The van der Waals surface area contributed by atoms with Crippen molar-refractivity contribution in [2.45, 2.75) is 51.7 Å². The SMILES string of the molecule is CCC(CNCCOC)CC1CCC(C)O1. The lowest BCUT2D eigenvalue weighted by Gasteiger charge is -2.19. The van der Waals surface area contributed by atoms with Gasteiger partial charge in [-0.1, -0.05) is 13.3 Å². The molecule has 3 unspecified atom stereocenters. The minimum atomic E-state index is 0.476. The van der Waals surface area contributed by atoms with E-state index >= 15 is 0 Å². The Kier molecular flexibility index (Phi) is 7.01. The molecule has 1 aliphatic rings. The third-order valence-corrected chi connectivity index (χ3v) is 3.41. The summed E-state index contributed by atoms with van der Waals surface area (Å²) in [7, 11) is 1.74. The summed E-state index contributed by atoms with van der Waals surface area (Å²) in [6.07, 6.45) is 5.90. The van der Waals surface area contributed by atoms with Crippen molar-refractivity contribution in [1.29, 1.82) is 0 Å². The van der Waals surface area contributed by atoms with Gasteiger partial charge < -0.3 is 14.8 Å². The molecule has 0 aliphatic carbocycles. The number of hydrogen-bond donors (Lipinski definition) is 1. The summed E-state index contributed by atoms with van der Waals surface area (Å²) in [4.78, 5) is 0. The first-order valence-electron chi connectivity index (χ1n) is 6.61. The Morgan fingerprint density at radius 2 is 2.25 bits per heavy atom. The van der Waals surface area contributed by atoms with E-state index in [0.29, 0.717) is 12.2 Å². The van der Waals surface area contributed by atoms with Crippen LogP contribution in [0.2, 0.25) is 0 Å². The summed E-state index contributed by atoms with van der Waals surface area (Å²) in [5, 5.41) is 3.44. The smallest absolute Gasteiger partial charge is 0.0587 e. The first-order chi connectivity index (χ1) is 7.76. The van der Waals surface area contributed by atoms with Crippen LogP contribution in [0.1, 0.15) is 39.5 Å². The summed E-state index contributed by atoms with van der Waals surface area (Å²) in [6.45, 7) is 7.29. The standard InChI is InChI=1S/C13H27NO2/c1-4-12(10-14-7-8-15-3)9-13-6-5-11(2)16-13/h11-14H,4-10H2,1-3H3. The highest BCUT2D eigenvalue weighted by molar-refractivity contribution is 4.74. The molecule has 16 heavy (non-hydrogen) atoms. The second-order valence-electron chi connectivity index (χ2n) is 4.85. The fourth-order valence-corrected chi connectivity index (χ4v) is 2.31. The van der Waals surface area contributed by atoms with E-state index in [1.807, 2.05) is 0 Å². The van der Waals surface area contributed by atoms with Crippen LogP contribution in [0, 0.1) is 5.92 Å². The van der Waals surface area contributed by atoms with Crippen molar-refractivity contribution < 1.29 is 9.47 Å². The minimum Gasteiger partial charge on any atom is -0.383 e. The average molecular weight is 229 g/mol. The van der Waals surface area contributed by atoms with E-state index in [2.05, 4.69) is 19.2 Å². The van der Waals surface area contributed by atoms with Crippen molar-refractivity contribution in [2.75, 3.05) is 26.8 Å². The molecule has 96 valence electrons. The van der Waals surface area contributed by atoms with Crippen LogP contribution in [0.4, 0.5) is 0 Å². The second-order valence-corrected chi connectivity index (χ2v) is 4.85. The first-order valence-corrected chi connectivity index (χ1v) is 6.61. The minimum absolute atomic E-state index is 0.476. The van der Waals surface area contributed by atoms with Crippen LogP contribution in [-0.4, -0.2) is 39.0 Å². The molecule has 0 amide bonds. The fourth-order valence-electron chi connectivity index (χ4n) is 2.31. The molecule has 0 radical (unpaired) electrons. The van der Waals surface area contributed by atoms with E-state index in [1.54, 1.807) is 7.11 Å². The Labute approximate surface area is 99.9 Å². The van der Waals surface area contributed by atoms with E-state index in [4.69, 9.17) is 9.47 Å². The van der Waals surface area contributed by atoms with E-state index < -0.39 is 0 Å². The predicted molar refractivity (Wildman–Crippen MR) is 66.7 cm³/mol. The molecule has 1 rings (SSSR count). The molecular formula is C13H27NO2. The zero-order valence-corrected chi connectivity index (χ0v) is 11.0. The molecule has 1 N–H and O–H groups in total. The van der Waals surface area contributed by atoms with Gasteiger partial charge in [-0.15, -0.1) is 0 Å². The Hall–Kier alpha value is -0.120. The average Bonchev–Trinajstić information content (AvgIpc) is 2.68. The highest BCUT2D eigenvalue weighted by Gasteiger charge is 2.24. The van der Waals surface area contributed by atoms with Crippen molar-refractivity contribution in [3.05, 3.63) is 0 Å². The van der Waals surface area contributed by atoms with E-state index in [1.165, 1.54) is 25.7 Å². The fraction of sp³-hybridized carbons (Fsp3) is 1.00. The largest absolute Gasteiger partial charge is 0.383 e. The Bertz CT molecular complexity index is 175. The van der Waals surface area contributed by atoms with Gasteiger partial charge in [-0.2, -0.15) is 0 Å². The molecule has 3 heteroatoms. The van der Waals surface area contributed by atoms with Crippen LogP contribution in [0.15, 0.2) is 0 Å². The van der Waals surface area contributed by atoms with Crippen LogP contribution < -0.4 is 5.32 Å². The van der Waals surface area contributed by atoms with Crippen molar-refractivity contribution >= 4 is 0 Å².